The number of Topliss-reactive ketones (excluding diaryl/α,β-unsaturated/α-hetero) is 1. The first-order valence-corrected chi connectivity index (χ1v) is 7.63. The summed E-state index contributed by atoms with van der Waals surface area (Å²) in [5.74, 6) is -1.09. The van der Waals surface area contributed by atoms with Gasteiger partial charge in [-0.3, -0.25) is 9.69 Å². The van der Waals surface area contributed by atoms with E-state index >= 15 is 0 Å². The molecule has 0 radical (unpaired) electrons. The van der Waals surface area contributed by atoms with Crippen LogP contribution in [0.4, 0.5) is 8.78 Å². The minimum atomic E-state index is -0.636. The van der Waals surface area contributed by atoms with Gasteiger partial charge in [-0.2, -0.15) is 0 Å². The van der Waals surface area contributed by atoms with Gasteiger partial charge in [0, 0.05) is 6.42 Å². The summed E-state index contributed by atoms with van der Waals surface area (Å²) in [6, 6.07) is 3.27. The van der Waals surface area contributed by atoms with E-state index in [-0.39, 0.29) is 17.8 Å². The highest BCUT2D eigenvalue weighted by atomic mass is 19.1. The number of carbonyl (C=O) groups is 1. The molecule has 0 aliphatic carbocycles. The fourth-order valence-electron chi connectivity index (χ4n) is 2.87. The number of benzene rings is 1. The van der Waals surface area contributed by atoms with Crippen LogP contribution in [-0.2, 0) is 11.2 Å². The lowest BCUT2D eigenvalue weighted by atomic mass is 9.91. The SMILES string of the molecule is CC(C)(C(=O)Cc1cc(F)ccc1F)N1CCCCCC1. The second-order valence-electron chi connectivity index (χ2n) is 6.30. The molecule has 0 amide bonds. The summed E-state index contributed by atoms with van der Waals surface area (Å²) < 4.78 is 26.9. The molecular weight excluding hydrogens is 272 g/mol. The van der Waals surface area contributed by atoms with Crippen molar-refractivity contribution in [2.75, 3.05) is 13.1 Å². The second-order valence-corrected chi connectivity index (χ2v) is 6.30. The molecule has 1 aromatic rings. The first-order valence-electron chi connectivity index (χ1n) is 7.63. The summed E-state index contributed by atoms with van der Waals surface area (Å²) in [6.07, 6.45) is 4.50. The molecule has 0 unspecified atom stereocenters. The first-order chi connectivity index (χ1) is 9.91. The minimum Gasteiger partial charge on any atom is -0.297 e. The molecule has 2 nitrogen and oxygen atoms in total. The van der Waals surface area contributed by atoms with E-state index in [0.717, 1.165) is 44.1 Å². The molecule has 0 atom stereocenters. The maximum atomic E-state index is 13.7. The molecule has 0 spiro atoms. The molecule has 1 heterocycles. The van der Waals surface area contributed by atoms with Crippen LogP contribution >= 0.6 is 0 Å². The molecule has 1 aromatic carbocycles. The zero-order valence-corrected chi connectivity index (χ0v) is 12.8. The van der Waals surface area contributed by atoms with Gasteiger partial charge in [-0.25, -0.2) is 8.78 Å². The summed E-state index contributed by atoms with van der Waals surface area (Å²) in [7, 11) is 0. The fourth-order valence-corrected chi connectivity index (χ4v) is 2.87. The smallest absolute Gasteiger partial charge is 0.156 e. The van der Waals surface area contributed by atoms with E-state index in [1.807, 2.05) is 13.8 Å². The van der Waals surface area contributed by atoms with Crippen molar-refractivity contribution in [3.63, 3.8) is 0 Å². The van der Waals surface area contributed by atoms with E-state index in [1.165, 1.54) is 12.8 Å². The Bertz CT molecular complexity index is 506. The molecule has 0 saturated carbocycles. The van der Waals surface area contributed by atoms with E-state index < -0.39 is 17.2 Å². The maximum absolute atomic E-state index is 13.7. The van der Waals surface area contributed by atoms with Gasteiger partial charge in [0.05, 0.1) is 5.54 Å². The lowest BCUT2D eigenvalue weighted by Gasteiger charge is -2.36. The van der Waals surface area contributed by atoms with Crippen LogP contribution < -0.4 is 0 Å². The summed E-state index contributed by atoms with van der Waals surface area (Å²) in [5.41, 5.74) is -0.494. The number of nitrogens with zero attached hydrogens (tertiary/aromatic N) is 1. The summed E-state index contributed by atoms with van der Waals surface area (Å²) in [6.45, 7) is 5.56. The minimum absolute atomic E-state index is 0.0612. The number of ketones is 1. The number of halogens is 2. The standard InChI is InChI=1S/C17H23F2NO/c1-17(2,20-9-5-3-4-6-10-20)16(21)12-13-11-14(18)7-8-15(13)19/h7-8,11H,3-6,9-10,12H2,1-2H3. The third kappa shape index (κ3) is 3.88. The molecule has 1 aliphatic rings. The summed E-state index contributed by atoms with van der Waals surface area (Å²) >= 11 is 0. The zero-order chi connectivity index (χ0) is 15.5. The highest BCUT2D eigenvalue weighted by Crippen LogP contribution is 2.23. The maximum Gasteiger partial charge on any atom is 0.156 e. The van der Waals surface area contributed by atoms with Crippen LogP contribution in [0, 0.1) is 11.6 Å². The van der Waals surface area contributed by atoms with E-state index in [0.29, 0.717) is 0 Å². The Kier molecular flexibility index (Phi) is 5.09. The molecule has 21 heavy (non-hydrogen) atoms. The third-order valence-electron chi connectivity index (χ3n) is 4.44. The Morgan fingerprint density at radius 3 is 2.38 bits per heavy atom. The van der Waals surface area contributed by atoms with Gasteiger partial charge in [0.1, 0.15) is 11.6 Å². The number of hydrogen-bond donors (Lipinski definition) is 0. The number of likely N-dealkylation sites (tertiary alicyclic amines) is 1. The molecule has 1 aliphatic heterocycles. The third-order valence-corrected chi connectivity index (χ3v) is 4.44. The summed E-state index contributed by atoms with van der Waals surface area (Å²) in [4.78, 5) is 14.8. The quantitative estimate of drug-likeness (QED) is 0.843. The molecule has 1 fully saturated rings. The zero-order valence-electron chi connectivity index (χ0n) is 12.8. The lowest BCUT2D eigenvalue weighted by molar-refractivity contribution is -0.128. The Labute approximate surface area is 125 Å². The molecule has 4 heteroatoms. The average Bonchev–Trinajstić information content (AvgIpc) is 2.72. The average molecular weight is 295 g/mol. The predicted molar refractivity (Wildman–Crippen MR) is 79.2 cm³/mol. The van der Waals surface area contributed by atoms with Crippen LogP contribution in [0.1, 0.15) is 45.1 Å². The monoisotopic (exact) mass is 295 g/mol. The highest BCUT2D eigenvalue weighted by Gasteiger charge is 2.34. The second kappa shape index (κ2) is 6.65. The van der Waals surface area contributed by atoms with E-state index in [9.17, 15) is 13.6 Å². The molecular formula is C17H23F2NO. The van der Waals surface area contributed by atoms with Crippen LogP contribution in [0.5, 0.6) is 0 Å². The van der Waals surface area contributed by atoms with E-state index in [4.69, 9.17) is 0 Å². The van der Waals surface area contributed by atoms with Crippen molar-refractivity contribution in [3.8, 4) is 0 Å². The van der Waals surface area contributed by atoms with Crippen LogP contribution in [0.3, 0.4) is 0 Å². The number of hydrogen-bond acceptors (Lipinski definition) is 2. The lowest BCUT2D eigenvalue weighted by Crippen LogP contribution is -2.51. The van der Waals surface area contributed by atoms with E-state index in [1.54, 1.807) is 0 Å². The van der Waals surface area contributed by atoms with Crippen molar-refractivity contribution in [2.24, 2.45) is 0 Å². The van der Waals surface area contributed by atoms with Gasteiger partial charge in [-0.1, -0.05) is 12.8 Å². The Morgan fingerprint density at radius 2 is 1.76 bits per heavy atom. The van der Waals surface area contributed by atoms with Gasteiger partial charge in [0.2, 0.25) is 0 Å². The van der Waals surface area contributed by atoms with Gasteiger partial charge in [0.25, 0.3) is 0 Å². The Hall–Kier alpha value is -1.29. The van der Waals surface area contributed by atoms with Gasteiger partial charge in [0.15, 0.2) is 5.78 Å². The van der Waals surface area contributed by atoms with Crippen LogP contribution in [0.2, 0.25) is 0 Å². The first kappa shape index (κ1) is 16.1. The van der Waals surface area contributed by atoms with Crippen LogP contribution in [-0.4, -0.2) is 29.3 Å². The Morgan fingerprint density at radius 1 is 1.14 bits per heavy atom. The highest BCUT2D eigenvalue weighted by molar-refractivity contribution is 5.89. The molecule has 0 N–H and O–H groups in total. The molecule has 0 aromatic heterocycles. The molecule has 2 rings (SSSR count). The van der Waals surface area contributed by atoms with Gasteiger partial charge in [-0.15, -0.1) is 0 Å². The van der Waals surface area contributed by atoms with Gasteiger partial charge >= 0.3 is 0 Å². The van der Waals surface area contributed by atoms with Crippen LogP contribution in [0.25, 0.3) is 0 Å². The van der Waals surface area contributed by atoms with Crippen molar-refractivity contribution in [1.82, 2.24) is 4.90 Å². The van der Waals surface area contributed by atoms with Crippen molar-refractivity contribution in [1.29, 1.82) is 0 Å². The number of carbonyl (C=O) groups excluding carboxylic acids is 1. The van der Waals surface area contributed by atoms with Gasteiger partial charge in [-0.05, 0) is 63.5 Å². The fraction of sp³-hybridized carbons (Fsp3) is 0.588. The summed E-state index contributed by atoms with van der Waals surface area (Å²) in [5, 5.41) is 0. The van der Waals surface area contributed by atoms with Crippen molar-refractivity contribution in [3.05, 3.63) is 35.4 Å². The molecule has 116 valence electrons. The van der Waals surface area contributed by atoms with Crippen molar-refractivity contribution < 1.29 is 13.6 Å². The number of rotatable bonds is 4. The van der Waals surface area contributed by atoms with Crippen molar-refractivity contribution >= 4 is 5.78 Å². The largest absolute Gasteiger partial charge is 0.297 e. The molecule has 0 bridgehead atoms. The Balaban J connectivity index is 2.11. The van der Waals surface area contributed by atoms with Crippen molar-refractivity contribution in [2.45, 2.75) is 51.5 Å². The van der Waals surface area contributed by atoms with Gasteiger partial charge < -0.3 is 0 Å². The normalized spacial score (nSPS) is 17.5. The van der Waals surface area contributed by atoms with Crippen LogP contribution in [0.15, 0.2) is 18.2 Å². The van der Waals surface area contributed by atoms with E-state index in [2.05, 4.69) is 4.90 Å². The predicted octanol–water partition coefficient (Wildman–Crippen LogP) is 3.73. The topological polar surface area (TPSA) is 20.3 Å². The molecule has 1 saturated heterocycles.